The van der Waals surface area contributed by atoms with Crippen molar-refractivity contribution in [2.75, 3.05) is 44.2 Å². The maximum Gasteiger partial charge on any atom is 0.319 e. The molecule has 1 amide bonds. The van der Waals surface area contributed by atoms with Crippen LogP contribution in [0.3, 0.4) is 0 Å². The zero-order valence-corrected chi connectivity index (χ0v) is 23.4. The van der Waals surface area contributed by atoms with E-state index in [4.69, 9.17) is 9.72 Å². The van der Waals surface area contributed by atoms with Crippen LogP contribution in [-0.2, 0) is 4.79 Å². The first-order chi connectivity index (χ1) is 20.4. The zero-order valence-electron chi connectivity index (χ0n) is 23.4. The van der Waals surface area contributed by atoms with Crippen LogP contribution < -0.4 is 15.0 Å². The van der Waals surface area contributed by atoms with Crippen LogP contribution in [0, 0.1) is 11.2 Å². The molecule has 4 aromatic rings. The SMILES string of the molecule is O=C1CC2(CCN(c3nc(OCC45CCCN4CCC5)nc4c(F)c(-c5cc(O)cc6ccccc56)ncc34)C2)CN1. The van der Waals surface area contributed by atoms with Crippen molar-refractivity contribution in [2.24, 2.45) is 5.41 Å². The van der Waals surface area contributed by atoms with E-state index in [0.29, 0.717) is 49.4 Å². The molecule has 0 saturated carbocycles. The quantitative estimate of drug-likeness (QED) is 0.365. The number of fused-ring (bicyclic) bond motifs is 3. The second kappa shape index (κ2) is 9.49. The summed E-state index contributed by atoms with van der Waals surface area (Å²) in [5.74, 6) is 0.111. The number of phenolic OH excluding ortho intramolecular Hbond substituents is 1. The summed E-state index contributed by atoms with van der Waals surface area (Å²) >= 11 is 0. The number of carbonyl (C=O) groups is 1. The van der Waals surface area contributed by atoms with Crippen molar-refractivity contribution < 1.29 is 19.0 Å². The van der Waals surface area contributed by atoms with E-state index in [1.54, 1.807) is 18.3 Å². The normalized spacial score (nSPS) is 23.4. The van der Waals surface area contributed by atoms with Gasteiger partial charge in [0.2, 0.25) is 5.91 Å². The Morgan fingerprint density at radius 2 is 1.88 bits per heavy atom. The minimum absolute atomic E-state index is 0.00547. The smallest absolute Gasteiger partial charge is 0.319 e. The Balaban J connectivity index is 1.24. The van der Waals surface area contributed by atoms with E-state index in [9.17, 15) is 9.90 Å². The molecular weight excluding hydrogens is 535 g/mol. The molecule has 9 nitrogen and oxygen atoms in total. The third kappa shape index (κ3) is 4.06. The molecule has 0 aliphatic carbocycles. The molecule has 8 rings (SSSR count). The second-order valence-corrected chi connectivity index (χ2v) is 12.6. The van der Waals surface area contributed by atoms with E-state index in [2.05, 4.69) is 25.1 Å². The molecule has 4 saturated heterocycles. The van der Waals surface area contributed by atoms with Gasteiger partial charge in [-0.1, -0.05) is 24.3 Å². The third-order valence-electron chi connectivity index (χ3n) is 9.96. The predicted octanol–water partition coefficient (Wildman–Crippen LogP) is 4.41. The molecule has 1 spiro atoms. The van der Waals surface area contributed by atoms with Crippen molar-refractivity contribution in [1.82, 2.24) is 25.2 Å². The highest BCUT2D eigenvalue weighted by molar-refractivity contribution is 6.00. The molecule has 2 aromatic carbocycles. The monoisotopic (exact) mass is 568 g/mol. The molecule has 42 heavy (non-hydrogen) atoms. The van der Waals surface area contributed by atoms with Crippen LogP contribution in [0.5, 0.6) is 11.8 Å². The summed E-state index contributed by atoms with van der Waals surface area (Å²) < 4.78 is 22.9. The molecule has 2 N–H and O–H groups in total. The Labute approximate surface area is 242 Å². The number of phenols is 1. The van der Waals surface area contributed by atoms with E-state index in [1.165, 1.54) is 0 Å². The number of nitrogens with one attached hydrogen (secondary N) is 1. The molecule has 0 radical (unpaired) electrons. The van der Waals surface area contributed by atoms with Gasteiger partial charge >= 0.3 is 6.01 Å². The fourth-order valence-corrected chi connectivity index (χ4v) is 7.82. The number of benzene rings is 2. The molecule has 2 aromatic heterocycles. The van der Waals surface area contributed by atoms with Crippen molar-refractivity contribution in [3.8, 4) is 23.0 Å². The topological polar surface area (TPSA) is 104 Å². The number of amides is 1. The minimum Gasteiger partial charge on any atom is -0.508 e. The largest absolute Gasteiger partial charge is 0.508 e. The lowest BCUT2D eigenvalue weighted by Crippen LogP contribution is -2.43. The highest BCUT2D eigenvalue weighted by Crippen LogP contribution is 2.43. The van der Waals surface area contributed by atoms with Gasteiger partial charge in [-0.3, -0.25) is 14.7 Å². The molecular formula is C32H33FN6O3. The van der Waals surface area contributed by atoms with Crippen LogP contribution in [0.2, 0.25) is 0 Å². The van der Waals surface area contributed by atoms with Gasteiger partial charge in [0.1, 0.15) is 29.4 Å². The summed E-state index contributed by atoms with van der Waals surface area (Å²) in [6.07, 6.45) is 7.41. The Morgan fingerprint density at radius 1 is 1.05 bits per heavy atom. The fourth-order valence-electron chi connectivity index (χ4n) is 7.82. The van der Waals surface area contributed by atoms with Crippen LogP contribution in [0.4, 0.5) is 10.2 Å². The molecule has 1 atom stereocenters. The number of pyridine rings is 1. The number of aromatic hydroxyl groups is 1. The Hall–Kier alpha value is -4.05. The van der Waals surface area contributed by atoms with Gasteiger partial charge in [-0.05, 0) is 68.1 Å². The summed E-state index contributed by atoms with van der Waals surface area (Å²) in [4.78, 5) is 30.8. The summed E-state index contributed by atoms with van der Waals surface area (Å²) in [6.45, 7) is 4.59. The van der Waals surface area contributed by atoms with E-state index in [-0.39, 0.29) is 39.8 Å². The average Bonchev–Trinajstić information content (AvgIpc) is 3.76. The van der Waals surface area contributed by atoms with E-state index >= 15 is 4.39 Å². The van der Waals surface area contributed by atoms with Gasteiger partial charge in [0.05, 0.1) is 10.9 Å². The maximum atomic E-state index is 16.6. The lowest BCUT2D eigenvalue weighted by molar-refractivity contribution is -0.119. The number of hydrogen-bond donors (Lipinski definition) is 2. The number of anilines is 1. The van der Waals surface area contributed by atoms with Crippen molar-refractivity contribution in [3.63, 3.8) is 0 Å². The van der Waals surface area contributed by atoms with Gasteiger partial charge < -0.3 is 20.1 Å². The lowest BCUT2D eigenvalue weighted by Gasteiger charge is -2.31. The number of nitrogens with zero attached hydrogens (tertiary/aromatic N) is 5. The molecule has 216 valence electrons. The van der Waals surface area contributed by atoms with Crippen LogP contribution in [-0.4, -0.2) is 75.7 Å². The molecule has 4 fully saturated rings. The first-order valence-corrected chi connectivity index (χ1v) is 14.9. The molecule has 4 aliphatic heterocycles. The lowest BCUT2D eigenvalue weighted by atomic mass is 9.86. The number of carbonyl (C=O) groups excluding carboxylic acids is 1. The first-order valence-electron chi connectivity index (χ1n) is 14.9. The van der Waals surface area contributed by atoms with E-state index in [0.717, 1.165) is 56.0 Å². The summed E-state index contributed by atoms with van der Waals surface area (Å²) in [6, 6.07) is 10.9. The van der Waals surface area contributed by atoms with Crippen LogP contribution >= 0.6 is 0 Å². The number of ether oxygens (including phenoxy) is 1. The standard InChI is InChI=1S/C32H33FN6O3/c33-26-27(23-14-21(40)13-20-5-1-2-6-22(20)23)34-16-24-28(26)36-30(42-19-32-7-3-10-39(32)11-4-8-32)37-29(24)38-12-9-31(18-38)15-25(41)35-17-31/h1-2,5-6,13-14,16,40H,3-4,7-12,15,17-19H2,(H,35,41). The summed E-state index contributed by atoms with van der Waals surface area (Å²) in [7, 11) is 0. The van der Waals surface area contributed by atoms with Crippen LogP contribution in [0.15, 0.2) is 42.6 Å². The number of halogens is 1. The molecule has 6 heterocycles. The highest BCUT2D eigenvalue weighted by atomic mass is 19.1. The molecule has 0 bridgehead atoms. The average molecular weight is 569 g/mol. The Bertz CT molecular complexity index is 1740. The van der Waals surface area contributed by atoms with Gasteiger partial charge in [0.25, 0.3) is 0 Å². The van der Waals surface area contributed by atoms with Crippen molar-refractivity contribution in [1.29, 1.82) is 0 Å². The van der Waals surface area contributed by atoms with Crippen molar-refractivity contribution >= 4 is 33.4 Å². The highest BCUT2D eigenvalue weighted by Gasteiger charge is 2.46. The van der Waals surface area contributed by atoms with Gasteiger partial charge in [-0.15, -0.1) is 0 Å². The van der Waals surface area contributed by atoms with Gasteiger partial charge in [0, 0.05) is 43.2 Å². The zero-order chi connectivity index (χ0) is 28.5. The fraction of sp³-hybridized carbons (Fsp3) is 0.438. The van der Waals surface area contributed by atoms with Crippen molar-refractivity contribution in [3.05, 3.63) is 48.4 Å². The molecule has 1 unspecified atom stereocenters. The minimum atomic E-state index is -0.579. The van der Waals surface area contributed by atoms with E-state index in [1.807, 2.05) is 24.3 Å². The number of rotatable bonds is 5. The third-order valence-corrected chi connectivity index (χ3v) is 9.96. The van der Waals surface area contributed by atoms with E-state index < -0.39 is 5.82 Å². The van der Waals surface area contributed by atoms with Crippen LogP contribution in [0.25, 0.3) is 32.9 Å². The second-order valence-electron chi connectivity index (χ2n) is 12.6. The Kier molecular flexibility index (Phi) is 5.79. The predicted molar refractivity (Wildman–Crippen MR) is 157 cm³/mol. The van der Waals surface area contributed by atoms with Gasteiger partial charge in [-0.25, -0.2) is 4.39 Å². The first kappa shape index (κ1) is 25.6. The molecule has 4 aliphatic rings. The summed E-state index contributed by atoms with van der Waals surface area (Å²) in [5.41, 5.74) is 0.588. The van der Waals surface area contributed by atoms with Crippen LogP contribution in [0.1, 0.15) is 38.5 Å². The van der Waals surface area contributed by atoms with Crippen molar-refractivity contribution in [2.45, 2.75) is 44.1 Å². The molecule has 10 heteroatoms. The maximum absolute atomic E-state index is 16.6. The summed E-state index contributed by atoms with van der Waals surface area (Å²) in [5, 5.41) is 15.5. The van der Waals surface area contributed by atoms with Gasteiger partial charge in [0.15, 0.2) is 5.82 Å². The number of aromatic nitrogens is 3. The number of hydrogen-bond acceptors (Lipinski definition) is 8. The Morgan fingerprint density at radius 3 is 2.69 bits per heavy atom. The van der Waals surface area contributed by atoms with Gasteiger partial charge in [-0.2, -0.15) is 9.97 Å².